The highest BCUT2D eigenvalue weighted by Crippen LogP contribution is 2.43. The van der Waals surface area contributed by atoms with Crippen LogP contribution >= 0.6 is 0 Å². The van der Waals surface area contributed by atoms with Crippen LogP contribution in [0.25, 0.3) is 10.9 Å². The molecule has 0 unspecified atom stereocenters. The molecule has 0 radical (unpaired) electrons. The number of H-pyrrole nitrogens is 1. The van der Waals surface area contributed by atoms with E-state index in [2.05, 4.69) is 72.9 Å². The molecule has 1 fully saturated rings. The second-order valence-corrected chi connectivity index (χ2v) is 6.96. The van der Waals surface area contributed by atoms with E-state index in [1.165, 1.54) is 22.0 Å². The minimum absolute atomic E-state index is 0.439. The number of benzene rings is 1. The Morgan fingerprint density at radius 2 is 2.14 bits per heavy atom. The maximum Gasteiger partial charge on any atom is 0.0497 e. The lowest BCUT2D eigenvalue weighted by atomic mass is 9.85. The quantitative estimate of drug-likeness (QED) is 0.836. The summed E-state index contributed by atoms with van der Waals surface area (Å²) >= 11 is 0. The molecular formula is C20H24N2. The molecule has 1 saturated heterocycles. The van der Waals surface area contributed by atoms with Crippen molar-refractivity contribution >= 4 is 10.9 Å². The maximum absolute atomic E-state index is 4.41. The van der Waals surface area contributed by atoms with Crippen LogP contribution in [0.1, 0.15) is 25.8 Å². The van der Waals surface area contributed by atoms with Crippen molar-refractivity contribution in [2.75, 3.05) is 0 Å². The number of aromatic nitrogens is 1. The molecule has 1 aliphatic heterocycles. The first-order valence-electron chi connectivity index (χ1n) is 8.34. The minimum atomic E-state index is 0.439. The van der Waals surface area contributed by atoms with Gasteiger partial charge in [0.2, 0.25) is 0 Å². The van der Waals surface area contributed by atoms with Gasteiger partial charge in [-0.15, -0.1) is 0 Å². The molecular weight excluding hydrogens is 268 g/mol. The third kappa shape index (κ3) is 1.98. The van der Waals surface area contributed by atoms with Crippen LogP contribution in [0.4, 0.5) is 0 Å². The predicted octanol–water partition coefficient (Wildman–Crippen LogP) is 4.30. The average Bonchev–Trinajstić information content (AvgIpc) is 2.94. The predicted molar refractivity (Wildman–Crippen MR) is 92.9 cm³/mol. The van der Waals surface area contributed by atoms with E-state index < -0.39 is 0 Å². The van der Waals surface area contributed by atoms with Crippen molar-refractivity contribution in [1.29, 1.82) is 0 Å². The molecule has 1 aromatic heterocycles. The van der Waals surface area contributed by atoms with Gasteiger partial charge in [0.05, 0.1) is 0 Å². The van der Waals surface area contributed by atoms with Crippen molar-refractivity contribution in [2.24, 2.45) is 5.92 Å². The van der Waals surface area contributed by atoms with Gasteiger partial charge in [0, 0.05) is 41.1 Å². The van der Waals surface area contributed by atoms with Crippen LogP contribution in [-0.4, -0.2) is 28.0 Å². The molecule has 22 heavy (non-hydrogen) atoms. The first-order chi connectivity index (χ1) is 10.7. The summed E-state index contributed by atoms with van der Waals surface area (Å²) in [5, 5.41) is 1.37. The monoisotopic (exact) mass is 292 g/mol. The van der Waals surface area contributed by atoms with E-state index >= 15 is 0 Å². The summed E-state index contributed by atoms with van der Waals surface area (Å²) in [6.07, 6.45) is 9.15. The van der Waals surface area contributed by atoms with Crippen molar-refractivity contribution < 1.29 is 0 Å². The highest BCUT2D eigenvalue weighted by Gasteiger charge is 2.45. The molecule has 1 N–H and O–H groups in total. The lowest BCUT2D eigenvalue weighted by molar-refractivity contribution is 0.160. The molecule has 2 heteroatoms. The number of rotatable bonds is 3. The van der Waals surface area contributed by atoms with Crippen molar-refractivity contribution in [2.45, 2.75) is 44.8 Å². The summed E-state index contributed by atoms with van der Waals surface area (Å²) in [5.74, 6) is 0.603. The molecule has 2 nitrogen and oxygen atoms in total. The van der Waals surface area contributed by atoms with Crippen molar-refractivity contribution in [3.05, 3.63) is 60.3 Å². The van der Waals surface area contributed by atoms with Crippen molar-refractivity contribution in [3.8, 4) is 0 Å². The number of hydrogen-bond acceptors (Lipinski definition) is 1. The zero-order valence-corrected chi connectivity index (χ0v) is 13.4. The Bertz CT molecular complexity index is 737. The van der Waals surface area contributed by atoms with Crippen LogP contribution in [0.2, 0.25) is 0 Å². The number of nitrogens with zero attached hydrogens (tertiary/aromatic N) is 1. The standard InChI is InChI=1S/C20H24N2/c1-13(2)22-19-10-6-8-16(14(19)3)20(22)11-15-12-21-18-9-5-4-7-17(15)18/h4-7,9-10,12-13,16,19-21H,3,8,11H2,1-2H3/t16-,19+,20-/m0/s1. The van der Waals surface area contributed by atoms with Crippen LogP contribution in [0.15, 0.2) is 54.8 Å². The summed E-state index contributed by atoms with van der Waals surface area (Å²) in [6.45, 7) is 9.03. The van der Waals surface area contributed by atoms with Gasteiger partial charge in [0.15, 0.2) is 0 Å². The zero-order chi connectivity index (χ0) is 15.3. The molecule has 1 aliphatic carbocycles. The molecule has 0 saturated carbocycles. The number of aromatic amines is 1. The van der Waals surface area contributed by atoms with E-state index in [-0.39, 0.29) is 0 Å². The van der Waals surface area contributed by atoms with E-state index in [9.17, 15) is 0 Å². The third-order valence-corrected chi connectivity index (χ3v) is 5.43. The van der Waals surface area contributed by atoms with E-state index in [0.717, 1.165) is 12.8 Å². The Labute approximate surface area is 132 Å². The van der Waals surface area contributed by atoms with Gasteiger partial charge in [-0.3, -0.25) is 4.90 Å². The normalized spacial score (nSPS) is 28.1. The van der Waals surface area contributed by atoms with E-state index in [4.69, 9.17) is 0 Å². The molecule has 2 bridgehead atoms. The van der Waals surface area contributed by atoms with Crippen LogP contribution in [-0.2, 0) is 6.42 Å². The number of nitrogens with one attached hydrogen (secondary N) is 1. The van der Waals surface area contributed by atoms with Gasteiger partial charge in [0.1, 0.15) is 0 Å². The Balaban J connectivity index is 1.71. The number of hydrogen-bond donors (Lipinski definition) is 1. The Morgan fingerprint density at radius 1 is 1.32 bits per heavy atom. The molecule has 2 aliphatic rings. The van der Waals surface area contributed by atoms with E-state index in [0.29, 0.717) is 24.0 Å². The largest absolute Gasteiger partial charge is 0.361 e. The van der Waals surface area contributed by atoms with Gasteiger partial charge in [-0.1, -0.05) is 42.5 Å². The number of allylic oxidation sites excluding steroid dienone is 1. The van der Waals surface area contributed by atoms with Crippen molar-refractivity contribution in [3.63, 3.8) is 0 Å². The highest BCUT2D eigenvalue weighted by atomic mass is 15.2. The van der Waals surface area contributed by atoms with Crippen LogP contribution in [0, 0.1) is 5.92 Å². The molecule has 2 aromatic rings. The molecule has 0 amide bonds. The fraction of sp³-hybridized carbons (Fsp3) is 0.400. The molecule has 3 atom stereocenters. The Morgan fingerprint density at radius 3 is 2.95 bits per heavy atom. The van der Waals surface area contributed by atoms with Gasteiger partial charge < -0.3 is 4.98 Å². The first kappa shape index (κ1) is 13.8. The summed E-state index contributed by atoms with van der Waals surface area (Å²) < 4.78 is 0. The Kier molecular flexibility index (Phi) is 3.23. The second kappa shape index (κ2) is 5.13. The Hall–Kier alpha value is -1.80. The SMILES string of the molecule is C=C1[C@H]2C=CC[C@@H]1[C@H](Cc1c[nH]c3ccccc13)N2C(C)C. The topological polar surface area (TPSA) is 19.0 Å². The van der Waals surface area contributed by atoms with E-state index in [1.807, 2.05) is 0 Å². The first-order valence-corrected chi connectivity index (χ1v) is 8.34. The van der Waals surface area contributed by atoms with Gasteiger partial charge >= 0.3 is 0 Å². The summed E-state index contributed by atoms with van der Waals surface area (Å²) in [7, 11) is 0. The zero-order valence-electron chi connectivity index (χ0n) is 13.4. The fourth-order valence-electron chi connectivity index (χ4n) is 4.44. The van der Waals surface area contributed by atoms with Crippen LogP contribution in [0.5, 0.6) is 0 Å². The minimum Gasteiger partial charge on any atom is -0.361 e. The van der Waals surface area contributed by atoms with Crippen LogP contribution < -0.4 is 0 Å². The van der Waals surface area contributed by atoms with Gasteiger partial charge in [0.25, 0.3) is 0 Å². The maximum atomic E-state index is 4.41. The van der Waals surface area contributed by atoms with E-state index in [1.54, 1.807) is 0 Å². The lowest BCUT2D eigenvalue weighted by Crippen LogP contribution is -2.42. The van der Waals surface area contributed by atoms with Gasteiger partial charge in [-0.2, -0.15) is 0 Å². The van der Waals surface area contributed by atoms with Crippen LogP contribution in [0.3, 0.4) is 0 Å². The number of fused-ring (bicyclic) bond motifs is 3. The van der Waals surface area contributed by atoms with Gasteiger partial charge in [-0.25, -0.2) is 0 Å². The second-order valence-electron chi connectivity index (χ2n) is 6.96. The molecule has 114 valence electrons. The lowest BCUT2D eigenvalue weighted by Gasteiger charge is -2.32. The highest BCUT2D eigenvalue weighted by molar-refractivity contribution is 5.83. The fourth-order valence-corrected chi connectivity index (χ4v) is 4.44. The molecule has 4 rings (SSSR count). The molecule has 2 heterocycles. The molecule has 0 spiro atoms. The third-order valence-electron chi connectivity index (χ3n) is 5.43. The summed E-state index contributed by atoms with van der Waals surface area (Å²) in [6, 6.07) is 10.2. The summed E-state index contributed by atoms with van der Waals surface area (Å²) in [4.78, 5) is 6.09. The smallest absolute Gasteiger partial charge is 0.0497 e. The van der Waals surface area contributed by atoms with Gasteiger partial charge in [-0.05, 0) is 38.3 Å². The molecule has 1 aromatic carbocycles. The summed E-state index contributed by atoms with van der Waals surface area (Å²) in [5.41, 5.74) is 4.10. The number of likely N-dealkylation sites (tertiary alicyclic amines) is 1. The average molecular weight is 292 g/mol. The number of para-hydroxylation sites is 1. The van der Waals surface area contributed by atoms with Crippen molar-refractivity contribution in [1.82, 2.24) is 9.88 Å².